The molecule has 13 aromatic rings. The highest BCUT2D eigenvalue weighted by Crippen LogP contribution is 2.42. The van der Waals surface area contributed by atoms with Gasteiger partial charge in [-0.05, 0) is 158 Å². The summed E-state index contributed by atoms with van der Waals surface area (Å²) in [4.78, 5) is 14.6. The van der Waals surface area contributed by atoms with Crippen molar-refractivity contribution in [1.29, 1.82) is 0 Å². The van der Waals surface area contributed by atoms with Crippen molar-refractivity contribution in [2.24, 2.45) is 0 Å². The molecule has 0 spiro atoms. The zero-order valence-electron chi connectivity index (χ0n) is 37.0. The van der Waals surface area contributed by atoms with Crippen LogP contribution in [0, 0.1) is 0 Å². The van der Waals surface area contributed by atoms with Crippen LogP contribution >= 0.6 is 0 Å². The maximum atomic E-state index is 5.14. The highest BCUT2D eigenvalue weighted by Gasteiger charge is 2.18. The Hall–Kier alpha value is -9.12. The number of fused-ring (bicyclic) bond motifs is 7. The van der Waals surface area contributed by atoms with E-state index in [1.165, 1.54) is 54.6 Å². The van der Waals surface area contributed by atoms with Crippen molar-refractivity contribution in [3.8, 4) is 22.3 Å². The summed E-state index contributed by atoms with van der Waals surface area (Å²) in [6, 6.07) is 89.6. The molecule has 68 heavy (non-hydrogen) atoms. The fourth-order valence-electron chi connectivity index (χ4n) is 10.1. The lowest BCUT2D eigenvalue weighted by Crippen LogP contribution is -2.12. The number of aromatic nitrogens is 2. The number of hydrogen-bond donors (Lipinski definition) is 0. The monoisotopic (exact) mass is 866 g/mol. The first kappa shape index (κ1) is 39.3. The predicted molar refractivity (Wildman–Crippen MR) is 287 cm³/mol. The maximum absolute atomic E-state index is 5.14. The van der Waals surface area contributed by atoms with Crippen molar-refractivity contribution in [2.45, 2.75) is 0 Å². The summed E-state index contributed by atoms with van der Waals surface area (Å²) < 4.78 is 0. The third kappa shape index (κ3) is 6.95. The fourth-order valence-corrected chi connectivity index (χ4v) is 10.1. The van der Waals surface area contributed by atoms with Gasteiger partial charge in [0.05, 0.1) is 16.6 Å². The Morgan fingerprint density at radius 3 is 1.46 bits per heavy atom. The molecular formula is C64H42N4. The van der Waals surface area contributed by atoms with Crippen LogP contribution in [-0.4, -0.2) is 9.97 Å². The molecule has 0 saturated carbocycles. The Balaban J connectivity index is 0.853. The average molecular weight is 867 g/mol. The van der Waals surface area contributed by atoms with Crippen molar-refractivity contribution in [3.63, 3.8) is 0 Å². The zero-order chi connectivity index (χ0) is 45.0. The van der Waals surface area contributed by atoms with Gasteiger partial charge in [0.1, 0.15) is 0 Å². The summed E-state index contributed by atoms with van der Waals surface area (Å²) in [7, 11) is 0. The number of hydrogen-bond acceptors (Lipinski definition) is 4. The van der Waals surface area contributed by atoms with E-state index in [9.17, 15) is 0 Å². The number of anilines is 6. The van der Waals surface area contributed by atoms with Crippen molar-refractivity contribution >= 4 is 99.2 Å². The van der Waals surface area contributed by atoms with E-state index in [2.05, 4.69) is 252 Å². The van der Waals surface area contributed by atoms with Gasteiger partial charge in [0.15, 0.2) is 0 Å². The van der Waals surface area contributed by atoms with Crippen molar-refractivity contribution in [1.82, 2.24) is 9.97 Å². The summed E-state index contributed by atoms with van der Waals surface area (Å²) in [6.07, 6.45) is 1.86. The predicted octanol–water partition coefficient (Wildman–Crippen LogP) is 17.7. The van der Waals surface area contributed by atoms with Gasteiger partial charge in [-0.3, -0.25) is 4.98 Å². The maximum Gasteiger partial charge on any atom is 0.0978 e. The third-order valence-electron chi connectivity index (χ3n) is 13.4. The zero-order valence-corrected chi connectivity index (χ0v) is 37.0. The van der Waals surface area contributed by atoms with Crippen LogP contribution in [0.2, 0.25) is 0 Å². The van der Waals surface area contributed by atoms with Gasteiger partial charge in [-0.1, -0.05) is 140 Å². The summed E-state index contributed by atoms with van der Waals surface area (Å²) in [5, 5.41) is 10.6. The summed E-state index contributed by atoms with van der Waals surface area (Å²) in [6.45, 7) is 0. The minimum Gasteiger partial charge on any atom is -0.311 e. The number of para-hydroxylation sites is 3. The molecule has 0 aliphatic rings. The lowest BCUT2D eigenvalue weighted by atomic mass is 9.92. The lowest BCUT2D eigenvalue weighted by Gasteiger charge is -2.28. The Morgan fingerprint density at radius 1 is 0.265 bits per heavy atom. The van der Waals surface area contributed by atoms with Gasteiger partial charge >= 0.3 is 0 Å². The highest BCUT2D eigenvalue weighted by molar-refractivity contribution is 6.16. The molecule has 2 heterocycles. The molecule has 4 heteroatoms. The first-order valence-corrected chi connectivity index (χ1v) is 23.1. The molecular weight excluding hydrogens is 825 g/mol. The molecule has 13 rings (SSSR count). The van der Waals surface area contributed by atoms with Crippen LogP contribution in [0.1, 0.15) is 0 Å². The summed E-state index contributed by atoms with van der Waals surface area (Å²) >= 11 is 0. The first-order valence-electron chi connectivity index (χ1n) is 23.1. The van der Waals surface area contributed by atoms with E-state index >= 15 is 0 Å². The van der Waals surface area contributed by atoms with Crippen LogP contribution in [0.4, 0.5) is 34.1 Å². The second-order valence-corrected chi connectivity index (χ2v) is 17.5. The van der Waals surface area contributed by atoms with Crippen LogP contribution < -0.4 is 9.80 Å². The van der Waals surface area contributed by atoms with Crippen molar-refractivity contribution in [3.05, 3.63) is 255 Å². The lowest BCUT2D eigenvalue weighted by molar-refractivity contribution is 1.26. The number of benzene rings is 11. The molecule has 0 saturated heterocycles. The van der Waals surface area contributed by atoms with Crippen LogP contribution in [0.3, 0.4) is 0 Å². The van der Waals surface area contributed by atoms with Crippen LogP contribution in [0.5, 0.6) is 0 Å². The Kier molecular flexibility index (Phi) is 9.47. The van der Waals surface area contributed by atoms with Gasteiger partial charge in [-0.15, -0.1) is 0 Å². The van der Waals surface area contributed by atoms with E-state index in [1.54, 1.807) is 0 Å². The molecule has 0 radical (unpaired) electrons. The Labute approximate surface area is 394 Å². The van der Waals surface area contributed by atoms with Crippen molar-refractivity contribution in [2.75, 3.05) is 9.80 Å². The number of nitrogens with zero attached hydrogens (tertiary/aromatic N) is 4. The molecule has 4 nitrogen and oxygen atoms in total. The molecule has 0 amide bonds. The molecule has 0 aliphatic heterocycles. The molecule has 0 bridgehead atoms. The average Bonchev–Trinajstić information content (AvgIpc) is 3.40. The van der Waals surface area contributed by atoms with E-state index in [1.807, 2.05) is 12.3 Å². The molecule has 0 fully saturated rings. The number of rotatable bonds is 8. The molecule has 0 unspecified atom stereocenters. The van der Waals surface area contributed by atoms with Crippen LogP contribution in [-0.2, 0) is 0 Å². The molecule has 2 aromatic heterocycles. The largest absolute Gasteiger partial charge is 0.311 e. The second kappa shape index (κ2) is 16.4. The van der Waals surface area contributed by atoms with E-state index < -0.39 is 0 Å². The minimum atomic E-state index is 0.928. The molecule has 0 N–H and O–H groups in total. The standard InChI is InChI=1S/C64H42N4/c1-3-15-53(16-4-1)67(54-17-5-2-6-18-54)56-32-34-57(35-33-56)68(58-31-27-43-12-7-8-13-46(43)42-58)55-29-25-44(26-30-55)47-21-22-48-40-52-41-50(24-23-49(52)39-51(48)38-47)62-59-19-9-10-20-61(59)66-64-60(62)36-28-45-14-11-37-65-63(45)64/h1-42H. The smallest absolute Gasteiger partial charge is 0.0978 e. The van der Waals surface area contributed by atoms with Gasteiger partial charge in [-0.25, -0.2) is 4.98 Å². The quantitative estimate of drug-likeness (QED) is 0.112. The fraction of sp³-hybridized carbons (Fsp3) is 0. The molecule has 0 aliphatic carbocycles. The molecule has 318 valence electrons. The molecule has 11 aromatic carbocycles. The SMILES string of the molecule is c1ccc(N(c2ccccc2)c2ccc(N(c3ccc(-c4ccc5cc6cc(-c7c8ccccc8nc8c7ccc7cccnc78)ccc6cc5c4)cc3)c3ccc4ccccc4c3)cc2)cc1. The number of pyridine rings is 2. The Morgan fingerprint density at radius 2 is 0.750 bits per heavy atom. The first-order chi connectivity index (χ1) is 33.7. The third-order valence-corrected chi connectivity index (χ3v) is 13.4. The second-order valence-electron chi connectivity index (χ2n) is 17.5. The van der Waals surface area contributed by atoms with Crippen LogP contribution in [0.15, 0.2) is 255 Å². The van der Waals surface area contributed by atoms with Gasteiger partial charge in [0.2, 0.25) is 0 Å². The van der Waals surface area contributed by atoms with Gasteiger partial charge in [-0.2, -0.15) is 0 Å². The highest BCUT2D eigenvalue weighted by atomic mass is 15.2. The summed E-state index contributed by atoms with van der Waals surface area (Å²) in [5.41, 5.74) is 14.1. The topological polar surface area (TPSA) is 32.3 Å². The van der Waals surface area contributed by atoms with Crippen LogP contribution in [0.25, 0.3) is 87.3 Å². The van der Waals surface area contributed by atoms with E-state index in [-0.39, 0.29) is 0 Å². The van der Waals surface area contributed by atoms with Gasteiger partial charge in [0, 0.05) is 62.0 Å². The normalized spacial score (nSPS) is 11.5. The van der Waals surface area contributed by atoms with Crippen molar-refractivity contribution < 1.29 is 0 Å². The Bertz CT molecular complexity index is 3980. The van der Waals surface area contributed by atoms with Gasteiger partial charge < -0.3 is 9.80 Å². The van der Waals surface area contributed by atoms with E-state index in [0.29, 0.717) is 0 Å². The molecule has 0 atom stereocenters. The van der Waals surface area contributed by atoms with E-state index in [4.69, 9.17) is 9.97 Å². The van der Waals surface area contributed by atoms with E-state index in [0.717, 1.165) is 66.8 Å². The van der Waals surface area contributed by atoms with Gasteiger partial charge in [0.25, 0.3) is 0 Å². The minimum absolute atomic E-state index is 0.928. The summed E-state index contributed by atoms with van der Waals surface area (Å²) in [5.74, 6) is 0.